The van der Waals surface area contributed by atoms with Gasteiger partial charge in [0.1, 0.15) is 5.66 Å². The van der Waals surface area contributed by atoms with Gasteiger partial charge in [-0.25, -0.2) is 4.79 Å². The van der Waals surface area contributed by atoms with Crippen LogP contribution in [0.3, 0.4) is 0 Å². The maximum atomic E-state index is 12.4. The summed E-state index contributed by atoms with van der Waals surface area (Å²) in [4.78, 5) is 14.3. The molecule has 1 fully saturated rings. The number of fused-ring (bicyclic) bond motifs is 3. The number of hydrogen-bond donors (Lipinski definition) is 2. The van der Waals surface area contributed by atoms with Crippen LogP contribution >= 0.6 is 11.6 Å². The van der Waals surface area contributed by atoms with Crippen molar-refractivity contribution in [3.05, 3.63) is 64.7 Å². The largest absolute Gasteiger partial charge is 0.323 e. The number of hydrogen-bond acceptors (Lipinski definition) is 2. The van der Waals surface area contributed by atoms with Crippen LogP contribution in [0.5, 0.6) is 0 Å². The van der Waals surface area contributed by atoms with E-state index in [1.165, 1.54) is 0 Å². The van der Waals surface area contributed by atoms with Gasteiger partial charge in [-0.05, 0) is 23.8 Å². The summed E-state index contributed by atoms with van der Waals surface area (Å²) in [5, 5.41) is 7.13. The maximum absolute atomic E-state index is 12.4. The fourth-order valence-corrected chi connectivity index (χ4v) is 3.51. The Balaban J connectivity index is 2.01. The van der Waals surface area contributed by atoms with Gasteiger partial charge in [-0.2, -0.15) is 0 Å². The second kappa shape index (κ2) is 4.48. The van der Waals surface area contributed by atoms with Gasteiger partial charge < -0.3 is 5.32 Å². The van der Waals surface area contributed by atoms with Gasteiger partial charge in [0, 0.05) is 29.4 Å². The normalized spacial score (nSPS) is 23.5. The molecule has 0 radical (unpaired) electrons. The molecule has 2 aromatic carbocycles. The van der Waals surface area contributed by atoms with Gasteiger partial charge in [0.25, 0.3) is 0 Å². The molecule has 0 bridgehead atoms. The van der Waals surface area contributed by atoms with E-state index >= 15 is 0 Å². The molecule has 0 spiro atoms. The molecule has 0 aromatic heterocycles. The molecule has 2 aliphatic heterocycles. The number of nitrogens with zero attached hydrogens (tertiary/aromatic N) is 1. The standard InChI is InChI=1S/C16H14ClN3O/c17-12-5-3-4-11(10-12)16-13-6-1-2-7-14(13)19-15(21)20(16)9-8-18-16/h1-7,10,18H,8-9H2,(H,19,21). The van der Waals surface area contributed by atoms with Crippen LogP contribution < -0.4 is 10.6 Å². The molecule has 2 aliphatic rings. The Morgan fingerprint density at radius 2 is 2.00 bits per heavy atom. The van der Waals surface area contributed by atoms with Gasteiger partial charge in [0.15, 0.2) is 0 Å². The fraction of sp³-hybridized carbons (Fsp3) is 0.188. The number of urea groups is 1. The Labute approximate surface area is 127 Å². The Hall–Kier alpha value is -2.04. The summed E-state index contributed by atoms with van der Waals surface area (Å²) in [7, 11) is 0. The molecule has 4 nitrogen and oxygen atoms in total. The van der Waals surface area contributed by atoms with Gasteiger partial charge >= 0.3 is 6.03 Å². The van der Waals surface area contributed by atoms with Gasteiger partial charge in [-0.3, -0.25) is 10.2 Å². The maximum Gasteiger partial charge on any atom is 0.323 e. The Morgan fingerprint density at radius 3 is 2.86 bits per heavy atom. The topological polar surface area (TPSA) is 44.4 Å². The predicted molar refractivity (Wildman–Crippen MR) is 82.4 cm³/mol. The van der Waals surface area contributed by atoms with E-state index in [0.29, 0.717) is 11.6 Å². The zero-order valence-corrected chi connectivity index (χ0v) is 12.0. The zero-order chi connectivity index (χ0) is 14.4. The minimum Gasteiger partial charge on any atom is -0.307 e. The highest BCUT2D eigenvalue weighted by Gasteiger charge is 2.50. The van der Waals surface area contributed by atoms with Crippen LogP contribution in [-0.4, -0.2) is 24.0 Å². The molecule has 2 amide bonds. The molecule has 1 saturated heterocycles. The lowest BCUT2D eigenvalue weighted by molar-refractivity contribution is 0.165. The van der Waals surface area contributed by atoms with Crippen molar-refractivity contribution in [1.82, 2.24) is 10.2 Å². The van der Waals surface area contributed by atoms with Crippen molar-refractivity contribution in [3.8, 4) is 0 Å². The molecule has 1 unspecified atom stereocenters. The van der Waals surface area contributed by atoms with Crippen LogP contribution in [-0.2, 0) is 5.66 Å². The van der Waals surface area contributed by atoms with Crippen LogP contribution in [0.4, 0.5) is 10.5 Å². The third kappa shape index (κ3) is 1.69. The van der Waals surface area contributed by atoms with Crippen LogP contribution in [0.15, 0.2) is 48.5 Å². The van der Waals surface area contributed by atoms with Crippen molar-refractivity contribution in [2.75, 3.05) is 18.4 Å². The van der Waals surface area contributed by atoms with E-state index < -0.39 is 5.66 Å². The van der Waals surface area contributed by atoms with Gasteiger partial charge in [0.05, 0.1) is 0 Å². The van der Waals surface area contributed by atoms with Crippen molar-refractivity contribution in [2.45, 2.75) is 5.66 Å². The van der Waals surface area contributed by atoms with Gasteiger partial charge in [0.2, 0.25) is 0 Å². The molecular formula is C16H14ClN3O. The molecule has 0 saturated carbocycles. The van der Waals surface area contributed by atoms with E-state index in [1.54, 1.807) is 0 Å². The summed E-state index contributed by atoms with van der Waals surface area (Å²) in [5.74, 6) is 0. The SMILES string of the molecule is O=C1Nc2ccccc2C2(c3cccc(Cl)c3)NCCN12. The first-order valence-electron chi connectivity index (χ1n) is 6.91. The molecule has 5 heteroatoms. The highest BCUT2D eigenvalue weighted by Crippen LogP contribution is 2.43. The number of para-hydroxylation sites is 1. The van der Waals surface area contributed by atoms with Crippen LogP contribution in [0, 0.1) is 0 Å². The molecule has 2 heterocycles. The number of carbonyl (C=O) groups is 1. The van der Waals surface area contributed by atoms with Gasteiger partial charge in [-0.15, -0.1) is 0 Å². The third-order valence-electron chi connectivity index (χ3n) is 4.17. The summed E-state index contributed by atoms with van der Waals surface area (Å²) < 4.78 is 0. The monoisotopic (exact) mass is 299 g/mol. The van der Waals surface area contributed by atoms with Crippen molar-refractivity contribution in [1.29, 1.82) is 0 Å². The quantitative estimate of drug-likeness (QED) is 0.850. The van der Waals surface area contributed by atoms with Crippen LogP contribution in [0.2, 0.25) is 5.02 Å². The van der Waals surface area contributed by atoms with Crippen LogP contribution in [0.25, 0.3) is 0 Å². The number of anilines is 1. The molecule has 1 atom stereocenters. The molecule has 0 aliphatic carbocycles. The van der Waals surface area contributed by atoms with E-state index in [0.717, 1.165) is 23.4 Å². The number of halogens is 1. The van der Waals surface area contributed by atoms with Crippen molar-refractivity contribution < 1.29 is 4.79 Å². The first-order valence-corrected chi connectivity index (χ1v) is 7.29. The average Bonchev–Trinajstić information content (AvgIpc) is 2.94. The van der Waals surface area contributed by atoms with E-state index in [9.17, 15) is 4.79 Å². The highest BCUT2D eigenvalue weighted by molar-refractivity contribution is 6.30. The van der Waals surface area contributed by atoms with Crippen LogP contribution in [0.1, 0.15) is 11.1 Å². The van der Waals surface area contributed by atoms with Crippen molar-refractivity contribution in [2.24, 2.45) is 0 Å². The molecule has 2 aromatic rings. The molecule has 4 rings (SSSR count). The van der Waals surface area contributed by atoms with Crippen molar-refractivity contribution >= 4 is 23.3 Å². The fourth-order valence-electron chi connectivity index (χ4n) is 3.32. The van der Waals surface area contributed by atoms with Crippen molar-refractivity contribution in [3.63, 3.8) is 0 Å². The lowest BCUT2D eigenvalue weighted by atomic mass is 9.88. The average molecular weight is 300 g/mol. The zero-order valence-electron chi connectivity index (χ0n) is 11.3. The number of nitrogens with one attached hydrogen (secondary N) is 2. The summed E-state index contributed by atoms with van der Waals surface area (Å²) in [5.41, 5.74) is 2.23. The number of amides is 2. The van der Waals surface area contributed by atoms with E-state index in [2.05, 4.69) is 10.6 Å². The lowest BCUT2D eigenvalue weighted by Crippen LogP contribution is -2.56. The molecule has 21 heavy (non-hydrogen) atoms. The summed E-state index contributed by atoms with van der Waals surface area (Å²) in [6, 6.07) is 15.5. The number of carbonyl (C=O) groups excluding carboxylic acids is 1. The summed E-state index contributed by atoms with van der Waals surface area (Å²) >= 11 is 6.17. The first kappa shape index (κ1) is 12.7. The Kier molecular flexibility index (Phi) is 2.71. The molecule has 106 valence electrons. The Bertz CT molecular complexity index is 733. The Morgan fingerprint density at radius 1 is 1.14 bits per heavy atom. The second-order valence-electron chi connectivity index (χ2n) is 5.27. The third-order valence-corrected chi connectivity index (χ3v) is 4.40. The minimum absolute atomic E-state index is 0.0846. The molecule has 2 N–H and O–H groups in total. The van der Waals surface area contributed by atoms with E-state index in [1.807, 2.05) is 53.4 Å². The van der Waals surface area contributed by atoms with E-state index in [4.69, 9.17) is 11.6 Å². The summed E-state index contributed by atoms with van der Waals surface area (Å²) in [6.45, 7) is 1.40. The van der Waals surface area contributed by atoms with E-state index in [-0.39, 0.29) is 6.03 Å². The molecular weight excluding hydrogens is 286 g/mol. The number of rotatable bonds is 1. The number of benzene rings is 2. The minimum atomic E-state index is -0.635. The lowest BCUT2D eigenvalue weighted by Gasteiger charge is -2.43. The summed E-state index contributed by atoms with van der Waals surface area (Å²) in [6.07, 6.45) is 0. The second-order valence-corrected chi connectivity index (χ2v) is 5.71. The van der Waals surface area contributed by atoms with Gasteiger partial charge in [-0.1, -0.05) is 41.9 Å². The smallest absolute Gasteiger partial charge is 0.307 e. The first-order chi connectivity index (χ1) is 10.2. The predicted octanol–water partition coefficient (Wildman–Crippen LogP) is 2.99. The highest BCUT2D eigenvalue weighted by atomic mass is 35.5.